The monoisotopic (exact) mass is 545 g/mol. The number of halogens is 1. The fraction of sp³-hybridized carbons (Fsp3) is 0.400. The van der Waals surface area contributed by atoms with Crippen molar-refractivity contribution >= 4 is 22.8 Å². The summed E-state index contributed by atoms with van der Waals surface area (Å²) in [5.41, 5.74) is 5.47. The first-order chi connectivity index (χ1) is 19.0. The maximum Gasteiger partial charge on any atom is 0.307 e. The average molecular weight is 546 g/mol. The van der Waals surface area contributed by atoms with Crippen molar-refractivity contribution in [1.82, 2.24) is 19.5 Å². The van der Waals surface area contributed by atoms with E-state index in [1.165, 1.54) is 12.4 Å². The fourth-order valence-electron chi connectivity index (χ4n) is 6.12. The van der Waals surface area contributed by atoms with Crippen LogP contribution in [0.4, 0.5) is 10.2 Å². The summed E-state index contributed by atoms with van der Waals surface area (Å²) in [6.07, 6.45) is 3.41. The Bertz CT molecular complexity index is 1680. The molecule has 2 N–H and O–H groups in total. The Morgan fingerprint density at radius 2 is 2.02 bits per heavy atom. The number of hydrogen-bond acceptors (Lipinski definition) is 7. The summed E-state index contributed by atoms with van der Waals surface area (Å²) in [5.74, 6) is -0.422. The van der Waals surface area contributed by atoms with Gasteiger partial charge in [0.1, 0.15) is 17.8 Å². The first kappa shape index (κ1) is 26.2. The normalized spacial score (nSPS) is 18.7. The third-order valence-corrected chi connectivity index (χ3v) is 8.21. The lowest BCUT2D eigenvalue weighted by Gasteiger charge is -2.23. The predicted molar refractivity (Wildman–Crippen MR) is 149 cm³/mol. The van der Waals surface area contributed by atoms with Crippen molar-refractivity contribution < 1.29 is 24.1 Å². The lowest BCUT2D eigenvalue weighted by molar-refractivity contribution is -0.136. The van der Waals surface area contributed by atoms with Gasteiger partial charge in [-0.15, -0.1) is 0 Å². The van der Waals surface area contributed by atoms with Crippen molar-refractivity contribution in [3.05, 3.63) is 52.7 Å². The van der Waals surface area contributed by atoms with E-state index in [1.807, 2.05) is 42.5 Å². The van der Waals surface area contributed by atoms with E-state index in [-0.39, 0.29) is 12.2 Å². The Hall–Kier alpha value is -4.05. The molecule has 4 aromatic rings. The van der Waals surface area contributed by atoms with Gasteiger partial charge in [-0.25, -0.2) is 19.3 Å². The molecule has 0 amide bonds. The molecule has 1 atom stereocenters. The van der Waals surface area contributed by atoms with E-state index in [0.29, 0.717) is 66.3 Å². The van der Waals surface area contributed by atoms with E-state index < -0.39 is 17.4 Å². The molecule has 40 heavy (non-hydrogen) atoms. The van der Waals surface area contributed by atoms with Gasteiger partial charge < -0.3 is 24.4 Å². The molecule has 2 aliphatic heterocycles. The van der Waals surface area contributed by atoms with E-state index in [4.69, 9.17) is 9.72 Å². The summed E-state index contributed by atoms with van der Waals surface area (Å²) in [7, 11) is 1.89. The van der Waals surface area contributed by atoms with Crippen LogP contribution in [0.3, 0.4) is 0 Å². The molecule has 1 saturated heterocycles. The molecule has 9 nitrogen and oxygen atoms in total. The van der Waals surface area contributed by atoms with E-state index in [1.54, 1.807) is 6.92 Å². The summed E-state index contributed by atoms with van der Waals surface area (Å²) in [6, 6.07) is 5.30. The lowest BCUT2D eigenvalue weighted by atomic mass is 9.87. The zero-order chi connectivity index (χ0) is 28.3. The van der Waals surface area contributed by atoms with Crippen LogP contribution in [0.1, 0.15) is 42.1 Å². The Morgan fingerprint density at radius 1 is 1.23 bits per heavy atom. The van der Waals surface area contributed by atoms with Gasteiger partial charge in [-0.2, -0.15) is 0 Å². The molecule has 10 heteroatoms. The predicted octanol–water partition coefficient (Wildman–Crippen LogP) is 4.37. The molecule has 1 aromatic carbocycles. The molecular formula is C30H32FN5O4. The topological polar surface area (TPSA) is 114 Å². The molecule has 0 bridgehead atoms. The van der Waals surface area contributed by atoms with Crippen molar-refractivity contribution in [3.8, 4) is 28.3 Å². The average Bonchev–Trinajstić information content (AvgIpc) is 3.45. The highest BCUT2D eigenvalue weighted by molar-refractivity contribution is 6.00. The van der Waals surface area contributed by atoms with Gasteiger partial charge >= 0.3 is 5.97 Å². The maximum atomic E-state index is 15.4. The number of carboxylic acids is 1. The molecule has 2 aliphatic rings. The molecule has 0 saturated carbocycles. The number of aromatic nitrogens is 4. The summed E-state index contributed by atoms with van der Waals surface area (Å²) in [6.45, 7) is 7.21. The minimum atomic E-state index is -0.983. The first-order valence-electron chi connectivity index (χ1n) is 13.5. The number of nitrogens with zero attached hydrogens (tertiary/aromatic N) is 5. The molecule has 1 unspecified atom stereocenters. The van der Waals surface area contributed by atoms with Gasteiger partial charge in [0, 0.05) is 42.8 Å². The molecule has 0 aliphatic carbocycles. The van der Waals surface area contributed by atoms with Gasteiger partial charge in [-0.3, -0.25) is 4.79 Å². The second-order valence-electron chi connectivity index (χ2n) is 11.2. The summed E-state index contributed by atoms with van der Waals surface area (Å²) < 4.78 is 23.0. The number of ether oxygens (including phenoxy) is 1. The number of aliphatic hydroxyl groups is 1. The number of aliphatic carboxylic acids is 1. The van der Waals surface area contributed by atoms with Crippen LogP contribution in [0.15, 0.2) is 24.5 Å². The van der Waals surface area contributed by atoms with Crippen LogP contribution in [-0.2, 0) is 24.7 Å². The SMILES string of the molecule is Cc1nc2c(cc(-c3cc(N4CCC(C)(O)C4)ncn3)n2C)c(-c2cc(F)c3c(c2C)CCCO3)c1CC(=O)O. The molecular weight excluding hydrogens is 513 g/mol. The number of aryl methyl sites for hydroxylation is 2. The van der Waals surface area contributed by atoms with Crippen LogP contribution in [0, 0.1) is 19.7 Å². The van der Waals surface area contributed by atoms with Crippen LogP contribution in [0.25, 0.3) is 33.5 Å². The standard InChI is InChI=1S/C30H32FN5O4/c1-16-18-6-5-9-40-28(18)22(31)10-19(16)27-20(12-26(37)38)17(2)34-29-21(27)11-24(35(29)4)23-13-25(33-15-32-23)36-8-7-30(3,39)14-36/h10-11,13,15,39H,5-9,12,14H2,1-4H3,(H,37,38). The van der Waals surface area contributed by atoms with Crippen LogP contribution in [-0.4, -0.2) is 61.0 Å². The van der Waals surface area contributed by atoms with Crippen molar-refractivity contribution in [2.75, 3.05) is 24.6 Å². The van der Waals surface area contributed by atoms with Crippen molar-refractivity contribution in [1.29, 1.82) is 0 Å². The van der Waals surface area contributed by atoms with E-state index >= 15 is 4.39 Å². The van der Waals surface area contributed by atoms with Gasteiger partial charge in [0.25, 0.3) is 0 Å². The number of rotatable bonds is 5. The van der Waals surface area contributed by atoms with Crippen LogP contribution in [0.5, 0.6) is 5.75 Å². The number of carboxylic acid groups (broad SMARTS) is 1. The Morgan fingerprint density at radius 3 is 2.75 bits per heavy atom. The Balaban J connectivity index is 1.57. The second kappa shape index (κ2) is 9.55. The number of pyridine rings is 1. The molecule has 5 heterocycles. The number of benzene rings is 1. The lowest BCUT2D eigenvalue weighted by Crippen LogP contribution is -2.30. The third-order valence-electron chi connectivity index (χ3n) is 8.21. The number of carbonyl (C=O) groups is 1. The van der Waals surface area contributed by atoms with Crippen molar-refractivity contribution in [3.63, 3.8) is 0 Å². The molecule has 3 aromatic heterocycles. The minimum Gasteiger partial charge on any atom is -0.490 e. The smallest absolute Gasteiger partial charge is 0.307 e. The third kappa shape index (κ3) is 4.36. The highest BCUT2D eigenvalue weighted by Gasteiger charge is 2.32. The molecule has 6 rings (SSSR count). The second-order valence-corrected chi connectivity index (χ2v) is 11.2. The van der Waals surface area contributed by atoms with Gasteiger partial charge in [0.15, 0.2) is 11.6 Å². The highest BCUT2D eigenvalue weighted by atomic mass is 19.1. The van der Waals surface area contributed by atoms with Crippen LogP contribution in [0.2, 0.25) is 0 Å². The Labute approximate surface area is 231 Å². The van der Waals surface area contributed by atoms with Crippen LogP contribution < -0.4 is 9.64 Å². The Kier molecular flexibility index (Phi) is 6.25. The molecule has 1 fully saturated rings. The molecule has 0 spiro atoms. The van der Waals surface area contributed by atoms with Crippen LogP contribution >= 0.6 is 0 Å². The van der Waals surface area contributed by atoms with E-state index in [0.717, 1.165) is 34.4 Å². The fourth-order valence-corrected chi connectivity index (χ4v) is 6.12. The van der Waals surface area contributed by atoms with Crippen molar-refractivity contribution in [2.24, 2.45) is 7.05 Å². The van der Waals surface area contributed by atoms with E-state index in [2.05, 4.69) is 9.97 Å². The van der Waals surface area contributed by atoms with Gasteiger partial charge in [-0.05, 0) is 74.4 Å². The van der Waals surface area contributed by atoms with Gasteiger partial charge in [-0.1, -0.05) is 0 Å². The van der Waals surface area contributed by atoms with Crippen molar-refractivity contribution in [2.45, 2.75) is 52.1 Å². The summed E-state index contributed by atoms with van der Waals surface area (Å²) in [5, 5.41) is 21.0. The number of β-amino-alcohol motifs (C(OH)–C–C–N with tert-alkyl or cyclic N) is 1. The van der Waals surface area contributed by atoms with Gasteiger partial charge in [0.2, 0.25) is 0 Å². The maximum absolute atomic E-state index is 15.4. The quantitative estimate of drug-likeness (QED) is 0.380. The zero-order valence-corrected chi connectivity index (χ0v) is 23.1. The number of fused-ring (bicyclic) bond motifs is 2. The minimum absolute atomic E-state index is 0.241. The van der Waals surface area contributed by atoms with E-state index in [9.17, 15) is 15.0 Å². The molecule has 208 valence electrons. The largest absolute Gasteiger partial charge is 0.490 e. The summed E-state index contributed by atoms with van der Waals surface area (Å²) in [4.78, 5) is 27.8. The summed E-state index contributed by atoms with van der Waals surface area (Å²) >= 11 is 0. The first-order valence-corrected chi connectivity index (χ1v) is 13.5. The highest BCUT2D eigenvalue weighted by Crippen LogP contribution is 2.43. The number of anilines is 1. The van der Waals surface area contributed by atoms with Gasteiger partial charge in [0.05, 0.1) is 30.0 Å². The molecule has 0 radical (unpaired) electrons. The zero-order valence-electron chi connectivity index (χ0n) is 23.1. The number of hydrogen-bond donors (Lipinski definition) is 2.